The average molecular weight is 296 g/mol. The number of fused-ring (bicyclic) bond motifs is 1. The SMILES string of the molecule is CCc1c(C2(N)CCCC2)cc(Cl)c2c1OCCCO2. The van der Waals surface area contributed by atoms with Crippen molar-refractivity contribution in [3.63, 3.8) is 0 Å². The Bertz CT molecular complexity index is 510. The Labute approximate surface area is 125 Å². The monoisotopic (exact) mass is 295 g/mol. The summed E-state index contributed by atoms with van der Waals surface area (Å²) in [6.45, 7) is 3.47. The molecule has 110 valence electrons. The summed E-state index contributed by atoms with van der Waals surface area (Å²) >= 11 is 6.43. The van der Waals surface area contributed by atoms with Gasteiger partial charge >= 0.3 is 0 Å². The standard InChI is InChI=1S/C16H22ClNO2/c1-2-11-12(16(18)6-3-4-7-16)10-13(17)15-14(11)19-8-5-9-20-15/h10H,2-9,18H2,1H3. The minimum atomic E-state index is -0.250. The van der Waals surface area contributed by atoms with Crippen LogP contribution in [0.5, 0.6) is 11.5 Å². The van der Waals surface area contributed by atoms with Crippen molar-refractivity contribution in [3.8, 4) is 11.5 Å². The van der Waals surface area contributed by atoms with Crippen molar-refractivity contribution in [2.24, 2.45) is 5.73 Å². The predicted octanol–water partition coefficient (Wildman–Crippen LogP) is 3.79. The highest BCUT2D eigenvalue weighted by Crippen LogP contribution is 2.47. The molecule has 2 N–H and O–H groups in total. The highest BCUT2D eigenvalue weighted by Gasteiger charge is 2.35. The third-order valence-electron chi connectivity index (χ3n) is 4.46. The van der Waals surface area contributed by atoms with Crippen LogP contribution in [0.2, 0.25) is 5.02 Å². The van der Waals surface area contributed by atoms with Gasteiger partial charge in [-0.1, -0.05) is 31.4 Å². The Balaban J connectivity index is 2.15. The molecule has 1 fully saturated rings. The van der Waals surface area contributed by atoms with Crippen LogP contribution in [0.15, 0.2) is 6.07 Å². The molecule has 1 heterocycles. The van der Waals surface area contributed by atoms with E-state index in [4.69, 9.17) is 26.8 Å². The van der Waals surface area contributed by atoms with Crippen molar-refractivity contribution in [1.82, 2.24) is 0 Å². The van der Waals surface area contributed by atoms with Gasteiger partial charge in [0.05, 0.1) is 18.2 Å². The fourth-order valence-corrected chi connectivity index (χ4v) is 3.66. The zero-order valence-corrected chi connectivity index (χ0v) is 12.8. The fourth-order valence-electron chi connectivity index (χ4n) is 3.41. The molecule has 3 nitrogen and oxygen atoms in total. The summed E-state index contributed by atoms with van der Waals surface area (Å²) in [4.78, 5) is 0. The number of hydrogen-bond acceptors (Lipinski definition) is 3. The molecule has 0 saturated heterocycles. The maximum atomic E-state index is 6.64. The second-order valence-corrected chi connectivity index (χ2v) is 6.22. The molecule has 1 saturated carbocycles. The second kappa shape index (κ2) is 5.45. The van der Waals surface area contributed by atoms with Gasteiger partial charge in [0.15, 0.2) is 11.5 Å². The first-order valence-corrected chi connectivity index (χ1v) is 7.94. The van der Waals surface area contributed by atoms with E-state index in [0.29, 0.717) is 24.0 Å². The Morgan fingerprint density at radius 3 is 2.45 bits per heavy atom. The van der Waals surface area contributed by atoms with Gasteiger partial charge in [-0.2, -0.15) is 0 Å². The van der Waals surface area contributed by atoms with Gasteiger partial charge in [0.25, 0.3) is 0 Å². The smallest absolute Gasteiger partial charge is 0.180 e. The Kier molecular flexibility index (Phi) is 3.83. The second-order valence-electron chi connectivity index (χ2n) is 5.81. The summed E-state index contributed by atoms with van der Waals surface area (Å²) in [5.74, 6) is 1.52. The van der Waals surface area contributed by atoms with Crippen LogP contribution in [0.25, 0.3) is 0 Å². The summed E-state index contributed by atoms with van der Waals surface area (Å²) in [5, 5.41) is 0.630. The van der Waals surface area contributed by atoms with E-state index < -0.39 is 0 Å². The molecule has 1 aromatic rings. The molecule has 0 aromatic heterocycles. The summed E-state index contributed by atoms with van der Waals surface area (Å²) in [5.41, 5.74) is 8.73. The van der Waals surface area contributed by atoms with E-state index in [1.165, 1.54) is 18.4 Å². The zero-order valence-electron chi connectivity index (χ0n) is 12.0. The molecular weight excluding hydrogens is 274 g/mol. The van der Waals surface area contributed by atoms with E-state index in [1.54, 1.807) is 0 Å². The number of nitrogens with two attached hydrogens (primary N) is 1. The molecule has 1 aliphatic carbocycles. The first-order valence-electron chi connectivity index (χ1n) is 7.56. The van der Waals surface area contributed by atoms with Crippen molar-refractivity contribution >= 4 is 11.6 Å². The van der Waals surface area contributed by atoms with Crippen molar-refractivity contribution in [2.45, 2.75) is 51.0 Å². The molecular formula is C16H22ClNO2. The van der Waals surface area contributed by atoms with Gasteiger partial charge in [-0.25, -0.2) is 0 Å². The molecule has 0 radical (unpaired) electrons. The van der Waals surface area contributed by atoms with E-state index >= 15 is 0 Å². The Morgan fingerprint density at radius 1 is 1.15 bits per heavy atom. The lowest BCUT2D eigenvalue weighted by molar-refractivity contribution is 0.296. The number of rotatable bonds is 2. The molecule has 20 heavy (non-hydrogen) atoms. The van der Waals surface area contributed by atoms with Crippen molar-refractivity contribution < 1.29 is 9.47 Å². The minimum Gasteiger partial charge on any atom is -0.489 e. The lowest BCUT2D eigenvalue weighted by Gasteiger charge is -2.29. The van der Waals surface area contributed by atoms with E-state index in [9.17, 15) is 0 Å². The number of halogens is 1. The topological polar surface area (TPSA) is 44.5 Å². The van der Waals surface area contributed by atoms with Gasteiger partial charge in [-0.05, 0) is 30.9 Å². The lowest BCUT2D eigenvalue weighted by atomic mass is 9.84. The van der Waals surface area contributed by atoms with Crippen LogP contribution in [0.3, 0.4) is 0 Å². The Hall–Kier alpha value is -0.930. The van der Waals surface area contributed by atoms with Gasteiger partial charge in [0, 0.05) is 17.5 Å². The maximum Gasteiger partial charge on any atom is 0.180 e. The van der Waals surface area contributed by atoms with Crippen LogP contribution in [0, 0.1) is 0 Å². The molecule has 0 amide bonds. The van der Waals surface area contributed by atoms with Crippen LogP contribution >= 0.6 is 11.6 Å². The quantitative estimate of drug-likeness (QED) is 0.903. The van der Waals surface area contributed by atoms with Gasteiger partial charge in [-0.3, -0.25) is 0 Å². The molecule has 0 atom stereocenters. The zero-order chi connectivity index (χ0) is 14.2. The van der Waals surface area contributed by atoms with Gasteiger partial charge in [0.2, 0.25) is 0 Å². The maximum absolute atomic E-state index is 6.64. The lowest BCUT2D eigenvalue weighted by Crippen LogP contribution is -2.34. The molecule has 1 aromatic carbocycles. The molecule has 2 aliphatic rings. The van der Waals surface area contributed by atoms with Crippen LogP contribution in [0.4, 0.5) is 0 Å². The van der Waals surface area contributed by atoms with Gasteiger partial charge < -0.3 is 15.2 Å². The Morgan fingerprint density at radius 2 is 1.80 bits per heavy atom. The molecule has 1 aliphatic heterocycles. The van der Waals surface area contributed by atoms with Crippen molar-refractivity contribution in [1.29, 1.82) is 0 Å². The highest BCUT2D eigenvalue weighted by atomic mass is 35.5. The normalized spacial score (nSPS) is 20.8. The third-order valence-corrected chi connectivity index (χ3v) is 4.74. The molecule has 0 spiro atoms. The van der Waals surface area contributed by atoms with E-state index in [0.717, 1.165) is 37.0 Å². The highest BCUT2D eigenvalue weighted by molar-refractivity contribution is 6.32. The van der Waals surface area contributed by atoms with Gasteiger partial charge in [0.1, 0.15) is 0 Å². The number of ether oxygens (including phenoxy) is 2. The minimum absolute atomic E-state index is 0.250. The summed E-state index contributed by atoms with van der Waals surface area (Å²) in [6.07, 6.45) is 6.19. The van der Waals surface area contributed by atoms with Crippen molar-refractivity contribution in [2.75, 3.05) is 13.2 Å². The molecule has 0 bridgehead atoms. The van der Waals surface area contributed by atoms with E-state index in [1.807, 2.05) is 6.07 Å². The van der Waals surface area contributed by atoms with Crippen LogP contribution in [-0.4, -0.2) is 13.2 Å². The number of benzene rings is 1. The summed E-state index contributed by atoms with van der Waals surface area (Å²) < 4.78 is 11.7. The number of hydrogen-bond donors (Lipinski definition) is 1. The van der Waals surface area contributed by atoms with Crippen molar-refractivity contribution in [3.05, 3.63) is 22.2 Å². The van der Waals surface area contributed by atoms with E-state index in [-0.39, 0.29) is 5.54 Å². The molecule has 3 rings (SSSR count). The summed E-state index contributed by atoms with van der Waals surface area (Å²) in [7, 11) is 0. The predicted molar refractivity (Wildman–Crippen MR) is 80.8 cm³/mol. The third kappa shape index (κ3) is 2.27. The van der Waals surface area contributed by atoms with Crippen LogP contribution < -0.4 is 15.2 Å². The van der Waals surface area contributed by atoms with Crippen LogP contribution in [0.1, 0.15) is 50.2 Å². The first-order chi connectivity index (χ1) is 9.65. The summed E-state index contributed by atoms with van der Waals surface area (Å²) in [6, 6.07) is 2.01. The average Bonchev–Trinajstić information content (AvgIpc) is 2.74. The van der Waals surface area contributed by atoms with Gasteiger partial charge in [-0.15, -0.1) is 0 Å². The largest absolute Gasteiger partial charge is 0.489 e. The first kappa shape index (κ1) is 14.0. The molecule has 4 heteroatoms. The van der Waals surface area contributed by atoms with Crippen LogP contribution in [-0.2, 0) is 12.0 Å². The van der Waals surface area contributed by atoms with E-state index in [2.05, 4.69) is 6.92 Å². The molecule has 0 unspecified atom stereocenters. The fraction of sp³-hybridized carbons (Fsp3) is 0.625.